The Kier molecular flexibility index (Phi) is 7.38. The number of halogens is 1. The summed E-state index contributed by atoms with van der Waals surface area (Å²) in [7, 11) is 0. The summed E-state index contributed by atoms with van der Waals surface area (Å²) in [6.45, 7) is 11.3. The van der Waals surface area contributed by atoms with E-state index in [1.807, 2.05) is 0 Å². The van der Waals surface area contributed by atoms with Gasteiger partial charge in [0.2, 0.25) is 0 Å². The van der Waals surface area contributed by atoms with Crippen LogP contribution in [0.4, 0.5) is 27.4 Å². The van der Waals surface area contributed by atoms with Crippen LogP contribution in [0, 0.1) is 0 Å². The van der Waals surface area contributed by atoms with Crippen molar-refractivity contribution in [3.8, 4) is 0 Å². The highest BCUT2D eigenvalue weighted by molar-refractivity contribution is 5.70. The fourth-order valence-corrected chi connectivity index (χ4v) is 6.39. The molecule has 1 aromatic carbocycles. The SMILES string of the molecule is CC1(C)CCN(CCN2CCCCC2)c2cc(Nc3ncnc4c3CCN(c3ncccc3CF)C4)ccc21. The molecule has 0 unspecified atom stereocenters. The minimum absolute atomic E-state index is 0.164. The Morgan fingerprint density at radius 1 is 0.974 bits per heavy atom. The average molecular weight is 530 g/mol. The maximum absolute atomic E-state index is 13.6. The number of pyridine rings is 1. The largest absolute Gasteiger partial charge is 0.370 e. The molecule has 0 spiro atoms. The first-order chi connectivity index (χ1) is 19.0. The van der Waals surface area contributed by atoms with Crippen molar-refractivity contribution in [2.24, 2.45) is 0 Å². The molecule has 0 aliphatic carbocycles. The van der Waals surface area contributed by atoms with E-state index in [0.29, 0.717) is 17.9 Å². The van der Waals surface area contributed by atoms with Crippen molar-refractivity contribution in [3.63, 3.8) is 0 Å². The molecule has 0 bridgehead atoms. The second-order valence-corrected chi connectivity index (χ2v) is 11.8. The van der Waals surface area contributed by atoms with E-state index in [2.05, 4.69) is 67.0 Å². The van der Waals surface area contributed by atoms with Crippen LogP contribution in [0.2, 0.25) is 0 Å². The summed E-state index contributed by atoms with van der Waals surface area (Å²) in [6.07, 6.45) is 9.34. The molecule has 1 fully saturated rings. The molecule has 2 aromatic heterocycles. The number of aromatic nitrogens is 3. The van der Waals surface area contributed by atoms with Gasteiger partial charge in [0.15, 0.2) is 0 Å². The number of anilines is 4. The van der Waals surface area contributed by atoms with Crippen LogP contribution in [0.25, 0.3) is 0 Å². The quantitative estimate of drug-likeness (QED) is 0.426. The van der Waals surface area contributed by atoms with Gasteiger partial charge in [-0.25, -0.2) is 19.3 Å². The van der Waals surface area contributed by atoms with Crippen molar-refractivity contribution in [1.82, 2.24) is 19.9 Å². The molecule has 0 saturated carbocycles. The standard InChI is InChI=1S/C31H40FN7/c1-31(2)11-16-38(18-17-37-13-4-3-5-14-37)28-19-24(8-9-26(28)31)36-29-25-10-15-39(21-27(25)34-22-35-29)30-23(20-32)7-6-12-33-30/h6-9,12,19,22H,3-5,10-11,13-18,20-21H2,1-2H3,(H,34,35,36). The number of hydrogen-bond donors (Lipinski definition) is 1. The number of nitrogens with one attached hydrogen (secondary N) is 1. The first-order valence-corrected chi connectivity index (χ1v) is 14.5. The Balaban J connectivity index is 1.22. The molecule has 3 aliphatic rings. The molecule has 39 heavy (non-hydrogen) atoms. The lowest BCUT2D eigenvalue weighted by Crippen LogP contribution is -2.42. The predicted molar refractivity (Wildman–Crippen MR) is 156 cm³/mol. The zero-order valence-electron chi connectivity index (χ0n) is 23.3. The van der Waals surface area contributed by atoms with Crippen LogP contribution < -0.4 is 15.1 Å². The minimum atomic E-state index is -0.521. The summed E-state index contributed by atoms with van der Waals surface area (Å²) >= 11 is 0. The van der Waals surface area contributed by atoms with Gasteiger partial charge in [-0.1, -0.05) is 32.4 Å². The Bertz CT molecular complexity index is 1300. The number of hydrogen-bond acceptors (Lipinski definition) is 7. The van der Waals surface area contributed by atoms with Gasteiger partial charge >= 0.3 is 0 Å². The van der Waals surface area contributed by atoms with Gasteiger partial charge < -0.3 is 20.0 Å². The summed E-state index contributed by atoms with van der Waals surface area (Å²) in [4.78, 5) is 21.0. The third-order valence-electron chi connectivity index (χ3n) is 8.79. The lowest BCUT2D eigenvalue weighted by molar-refractivity contribution is 0.232. The van der Waals surface area contributed by atoms with Crippen molar-refractivity contribution < 1.29 is 4.39 Å². The molecule has 0 atom stereocenters. The molecule has 3 aliphatic heterocycles. The fraction of sp³-hybridized carbons (Fsp3) is 0.516. The van der Waals surface area contributed by atoms with Crippen LogP contribution in [0.5, 0.6) is 0 Å². The van der Waals surface area contributed by atoms with Gasteiger partial charge in [0.25, 0.3) is 0 Å². The number of rotatable bonds is 7. The molecule has 7 nitrogen and oxygen atoms in total. The zero-order chi connectivity index (χ0) is 26.8. The highest BCUT2D eigenvalue weighted by atomic mass is 19.1. The molecule has 0 radical (unpaired) electrons. The second-order valence-electron chi connectivity index (χ2n) is 11.8. The van der Waals surface area contributed by atoms with E-state index in [1.165, 1.54) is 50.0 Å². The normalized spacial score (nSPS) is 18.9. The Morgan fingerprint density at radius 2 is 1.85 bits per heavy atom. The summed E-state index contributed by atoms with van der Waals surface area (Å²) in [6, 6.07) is 10.4. The second kappa shape index (κ2) is 11.1. The summed E-state index contributed by atoms with van der Waals surface area (Å²) < 4.78 is 13.6. The lowest BCUT2D eigenvalue weighted by atomic mass is 9.77. The Labute approximate surface area is 231 Å². The minimum Gasteiger partial charge on any atom is -0.370 e. The van der Waals surface area contributed by atoms with Gasteiger partial charge in [-0.15, -0.1) is 0 Å². The highest BCUT2D eigenvalue weighted by Gasteiger charge is 2.32. The van der Waals surface area contributed by atoms with E-state index in [-0.39, 0.29) is 5.41 Å². The first-order valence-electron chi connectivity index (χ1n) is 14.5. The highest BCUT2D eigenvalue weighted by Crippen LogP contribution is 2.41. The van der Waals surface area contributed by atoms with Gasteiger partial charge in [-0.3, -0.25) is 0 Å². The van der Waals surface area contributed by atoms with Crippen LogP contribution in [0.15, 0.2) is 42.9 Å². The van der Waals surface area contributed by atoms with E-state index in [0.717, 1.165) is 55.4 Å². The smallest absolute Gasteiger partial charge is 0.137 e. The summed E-state index contributed by atoms with van der Waals surface area (Å²) in [5, 5.41) is 3.63. The molecule has 8 heteroatoms. The molecule has 3 aromatic rings. The van der Waals surface area contributed by atoms with E-state index in [9.17, 15) is 4.39 Å². The van der Waals surface area contributed by atoms with Gasteiger partial charge in [-0.05, 0) is 68.0 Å². The molecule has 1 saturated heterocycles. The predicted octanol–water partition coefficient (Wildman–Crippen LogP) is 5.62. The molecule has 5 heterocycles. The first kappa shape index (κ1) is 26.0. The fourth-order valence-electron chi connectivity index (χ4n) is 6.39. The topological polar surface area (TPSA) is 60.4 Å². The van der Waals surface area contributed by atoms with Crippen LogP contribution >= 0.6 is 0 Å². The maximum Gasteiger partial charge on any atom is 0.137 e. The maximum atomic E-state index is 13.6. The molecule has 1 N–H and O–H groups in total. The van der Waals surface area contributed by atoms with Gasteiger partial charge in [0.1, 0.15) is 24.6 Å². The zero-order valence-corrected chi connectivity index (χ0v) is 23.3. The van der Waals surface area contributed by atoms with E-state index in [1.54, 1.807) is 24.7 Å². The van der Waals surface area contributed by atoms with E-state index in [4.69, 9.17) is 0 Å². The van der Waals surface area contributed by atoms with Gasteiger partial charge in [-0.2, -0.15) is 0 Å². The number of piperidine rings is 1. The van der Waals surface area contributed by atoms with Crippen molar-refractivity contribution in [2.45, 2.75) is 64.6 Å². The molecular formula is C31H40FN7. The lowest BCUT2D eigenvalue weighted by Gasteiger charge is -2.41. The van der Waals surface area contributed by atoms with Gasteiger partial charge in [0, 0.05) is 54.9 Å². The molecular weight excluding hydrogens is 489 g/mol. The number of likely N-dealkylation sites (tertiary alicyclic amines) is 1. The number of alkyl halides is 1. The Morgan fingerprint density at radius 3 is 2.69 bits per heavy atom. The van der Waals surface area contributed by atoms with Crippen LogP contribution in [0.3, 0.4) is 0 Å². The monoisotopic (exact) mass is 529 g/mol. The number of fused-ring (bicyclic) bond motifs is 2. The third kappa shape index (κ3) is 5.44. The van der Waals surface area contributed by atoms with Gasteiger partial charge in [0.05, 0.1) is 12.2 Å². The number of benzene rings is 1. The Hall–Kier alpha value is -3.26. The summed E-state index contributed by atoms with van der Waals surface area (Å²) in [5.41, 5.74) is 6.71. The molecule has 6 rings (SSSR count). The van der Waals surface area contributed by atoms with Crippen LogP contribution in [-0.2, 0) is 25.1 Å². The average Bonchev–Trinajstić information content (AvgIpc) is 2.97. The third-order valence-corrected chi connectivity index (χ3v) is 8.79. The number of nitrogens with zero attached hydrogens (tertiary/aromatic N) is 6. The van der Waals surface area contributed by atoms with Crippen LogP contribution in [-0.4, -0.2) is 59.1 Å². The molecule has 206 valence electrons. The van der Waals surface area contributed by atoms with Crippen molar-refractivity contribution >= 4 is 23.0 Å². The van der Waals surface area contributed by atoms with Crippen molar-refractivity contribution in [1.29, 1.82) is 0 Å². The van der Waals surface area contributed by atoms with E-state index < -0.39 is 6.67 Å². The van der Waals surface area contributed by atoms with Crippen molar-refractivity contribution in [3.05, 3.63) is 65.2 Å². The van der Waals surface area contributed by atoms with E-state index >= 15 is 0 Å². The summed E-state index contributed by atoms with van der Waals surface area (Å²) in [5.74, 6) is 1.57. The van der Waals surface area contributed by atoms with Crippen LogP contribution in [0.1, 0.15) is 61.9 Å². The van der Waals surface area contributed by atoms with Crippen molar-refractivity contribution in [2.75, 3.05) is 54.4 Å². The molecule has 0 amide bonds.